The molecule has 0 unspecified atom stereocenters. The van der Waals surface area contributed by atoms with E-state index in [1.807, 2.05) is 0 Å². The Morgan fingerprint density at radius 1 is 1.19 bits per heavy atom. The van der Waals surface area contributed by atoms with E-state index in [2.05, 4.69) is 26.0 Å². The molecule has 0 saturated heterocycles. The lowest BCUT2D eigenvalue weighted by Gasteiger charge is -2.12. The predicted molar refractivity (Wildman–Crippen MR) is 79.2 cm³/mol. The van der Waals surface area contributed by atoms with E-state index < -0.39 is 11.8 Å². The number of methoxy groups -OCH3 is 1. The Kier molecular flexibility index (Phi) is 4.90. The van der Waals surface area contributed by atoms with Crippen molar-refractivity contribution in [2.24, 2.45) is 0 Å². The van der Waals surface area contributed by atoms with Crippen LogP contribution in [0.1, 0.15) is 15.9 Å². The number of ether oxygens (including phenoxy) is 1. The molecule has 0 aliphatic heterocycles. The maximum absolute atomic E-state index is 13.2. The molecule has 2 rings (SSSR count). The van der Waals surface area contributed by atoms with Crippen molar-refractivity contribution in [3.8, 4) is 0 Å². The maximum Gasteiger partial charge on any atom is 0.340 e. The molecule has 0 bridgehead atoms. The Balaban J connectivity index is 2.24. The number of nitrogens with one attached hydrogen (secondary N) is 1. The summed E-state index contributed by atoms with van der Waals surface area (Å²) >= 11 is 3.32. The molecule has 0 fully saturated rings. The Labute approximate surface area is 129 Å². The first-order valence-corrected chi connectivity index (χ1v) is 6.86. The van der Waals surface area contributed by atoms with Gasteiger partial charge in [0.15, 0.2) is 0 Å². The summed E-state index contributed by atoms with van der Waals surface area (Å²) in [6.07, 6.45) is 0. The third kappa shape index (κ3) is 3.78. The average Bonchev–Trinajstić information content (AvgIpc) is 2.48. The van der Waals surface area contributed by atoms with Crippen molar-refractivity contribution in [1.29, 1.82) is 0 Å². The number of esters is 1. The van der Waals surface area contributed by atoms with Gasteiger partial charge in [-0.25, -0.2) is 13.6 Å². The third-order valence-electron chi connectivity index (χ3n) is 2.86. The van der Waals surface area contributed by atoms with Gasteiger partial charge in [0.1, 0.15) is 11.6 Å². The first-order valence-electron chi connectivity index (χ1n) is 6.07. The first kappa shape index (κ1) is 15.4. The quantitative estimate of drug-likeness (QED) is 0.838. The highest BCUT2D eigenvalue weighted by molar-refractivity contribution is 9.10. The Morgan fingerprint density at radius 3 is 2.57 bits per heavy atom. The van der Waals surface area contributed by atoms with E-state index in [-0.39, 0.29) is 17.9 Å². The van der Waals surface area contributed by atoms with Crippen LogP contribution in [0.2, 0.25) is 0 Å². The molecule has 1 N–H and O–H groups in total. The lowest BCUT2D eigenvalue weighted by Crippen LogP contribution is -2.09. The number of halogens is 3. The van der Waals surface area contributed by atoms with E-state index in [0.29, 0.717) is 11.3 Å². The zero-order chi connectivity index (χ0) is 15.4. The van der Waals surface area contributed by atoms with Gasteiger partial charge in [0, 0.05) is 16.7 Å². The molecule has 0 amide bonds. The fraction of sp³-hybridized carbons (Fsp3) is 0.133. The van der Waals surface area contributed by atoms with Crippen LogP contribution < -0.4 is 5.32 Å². The predicted octanol–water partition coefficient (Wildman–Crippen LogP) is 4.13. The second-order valence-corrected chi connectivity index (χ2v) is 5.13. The number of hydrogen-bond donors (Lipinski definition) is 1. The lowest BCUT2D eigenvalue weighted by molar-refractivity contribution is 0.0601. The first-order chi connectivity index (χ1) is 10.0. The van der Waals surface area contributed by atoms with Gasteiger partial charge in [0.2, 0.25) is 0 Å². The summed E-state index contributed by atoms with van der Waals surface area (Å²) in [6, 6.07) is 8.07. The number of benzene rings is 2. The zero-order valence-electron chi connectivity index (χ0n) is 11.1. The van der Waals surface area contributed by atoms with E-state index in [0.717, 1.165) is 10.5 Å². The third-order valence-corrected chi connectivity index (χ3v) is 3.64. The molecule has 110 valence electrons. The molecule has 0 saturated carbocycles. The van der Waals surface area contributed by atoms with Crippen molar-refractivity contribution in [2.75, 3.05) is 12.4 Å². The molecule has 2 aromatic carbocycles. The average molecular weight is 356 g/mol. The normalized spacial score (nSPS) is 10.3. The van der Waals surface area contributed by atoms with Crippen LogP contribution in [0.5, 0.6) is 0 Å². The molecule has 0 heterocycles. The summed E-state index contributed by atoms with van der Waals surface area (Å²) in [5.41, 5.74) is 1.18. The van der Waals surface area contributed by atoms with Crippen LogP contribution in [0, 0.1) is 11.6 Å². The van der Waals surface area contributed by atoms with Gasteiger partial charge in [0.05, 0.1) is 12.7 Å². The van der Waals surface area contributed by atoms with Crippen LogP contribution in [0.4, 0.5) is 14.5 Å². The highest BCUT2D eigenvalue weighted by Gasteiger charge is 2.13. The second kappa shape index (κ2) is 6.67. The summed E-state index contributed by atoms with van der Waals surface area (Å²) < 4.78 is 31.8. The van der Waals surface area contributed by atoms with E-state index in [1.165, 1.54) is 31.4 Å². The molecule has 0 spiro atoms. The summed E-state index contributed by atoms with van der Waals surface area (Å²) in [6.45, 7) is 0.272. The molecule has 0 atom stereocenters. The van der Waals surface area contributed by atoms with Crippen molar-refractivity contribution in [3.05, 3.63) is 63.6 Å². The number of carbonyl (C=O) groups is 1. The summed E-state index contributed by atoms with van der Waals surface area (Å²) in [7, 11) is 1.22. The van der Waals surface area contributed by atoms with Crippen LogP contribution >= 0.6 is 15.9 Å². The van der Waals surface area contributed by atoms with Gasteiger partial charge in [-0.2, -0.15) is 0 Å². The molecule has 3 nitrogen and oxygen atoms in total. The van der Waals surface area contributed by atoms with Gasteiger partial charge in [-0.3, -0.25) is 0 Å². The van der Waals surface area contributed by atoms with Gasteiger partial charge in [-0.15, -0.1) is 0 Å². The highest BCUT2D eigenvalue weighted by atomic mass is 79.9. The van der Waals surface area contributed by atoms with Crippen molar-refractivity contribution in [3.63, 3.8) is 0 Å². The van der Waals surface area contributed by atoms with Crippen molar-refractivity contribution < 1.29 is 18.3 Å². The monoisotopic (exact) mass is 355 g/mol. The van der Waals surface area contributed by atoms with E-state index >= 15 is 0 Å². The molecule has 0 aliphatic carbocycles. The Hall–Kier alpha value is -1.95. The van der Waals surface area contributed by atoms with Crippen molar-refractivity contribution >= 4 is 27.6 Å². The number of anilines is 1. The minimum Gasteiger partial charge on any atom is -0.465 e. The minimum absolute atomic E-state index is 0.0880. The zero-order valence-corrected chi connectivity index (χ0v) is 12.7. The van der Waals surface area contributed by atoms with Gasteiger partial charge < -0.3 is 10.1 Å². The number of carbonyl (C=O) groups excluding carboxylic acids is 1. The second-order valence-electron chi connectivity index (χ2n) is 4.27. The fourth-order valence-electron chi connectivity index (χ4n) is 1.82. The SMILES string of the molecule is COC(=O)c1cc(F)ccc1NCc1cc(F)ccc1Br. The minimum atomic E-state index is -0.643. The van der Waals surface area contributed by atoms with Crippen molar-refractivity contribution in [2.45, 2.75) is 6.54 Å². The highest BCUT2D eigenvalue weighted by Crippen LogP contribution is 2.22. The smallest absolute Gasteiger partial charge is 0.340 e. The van der Waals surface area contributed by atoms with Gasteiger partial charge in [-0.1, -0.05) is 15.9 Å². The van der Waals surface area contributed by atoms with Gasteiger partial charge in [-0.05, 0) is 42.0 Å². The van der Waals surface area contributed by atoms with E-state index in [9.17, 15) is 13.6 Å². The molecule has 0 aliphatic rings. The molecule has 21 heavy (non-hydrogen) atoms. The molecular weight excluding hydrogens is 344 g/mol. The standard InChI is InChI=1S/C15H12BrF2NO2/c1-21-15(20)12-7-11(18)3-5-14(12)19-8-9-6-10(17)2-4-13(9)16/h2-7,19H,8H2,1H3. The lowest BCUT2D eigenvalue weighted by atomic mass is 10.1. The van der Waals surface area contributed by atoms with Gasteiger partial charge >= 0.3 is 5.97 Å². The van der Waals surface area contributed by atoms with Gasteiger partial charge in [0.25, 0.3) is 0 Å². The largest absolute Gasteiger partial charge is 0.465 e. The fourth-order valence-corrected chi connectivity index (χ4v) is 2.21. The molecule has 0 radical (unpaired) electrons. The van der Waals surface area contributed by atoms with Crippen LogP contribution in [-0.2, 0) is 11.3 Å². The number of rotatable bonds is 4. The summed E-state index contributed by atoms with van der Waals surface area (Å²) in [5, 5.41) is 2.98. The number of hydrogen-bond acceptors (Lipinski definition) is 3. The maximum atomic E-state index is 13.2. The topological polar surface area (TPSA) is 38.3 Å². The van der Waals surface area contributed by atoms with Crippen LogP contribution in [0.3, 0.4) is 0 Å². The molecule has 2 aromatic rings. The summed E-state index contributed by atoms with van der Waals surface area (Å²) in [5.74, 6) is -1.54. The Bertz CT molecular complexity index is 677. The summed E-state index contributed by atoms with van der Waals surface area (Å²) in [4.78, 5) is 11.6. The van der Waals surface area contributed by atoms with Crippen LogP contribution in [-0.4, -0.2) is 13.1 Å². The molecular formula is C15H12BrF2NO2. The van der Waals surface area contributed by atoms with Crippen LogP contribution in [0.15, 0.2) is 40.9 Å². The Morgan fingerprint density at radius 2 is 1.86 bits per heavy atom. The van der Waals surface area contributed by atoms with Crippen molar-refractivity contribution in [1.82, 2.24) is 0 Å². The van der Waals surface area contributed by atoms with E-state index in [4.69, 9.17) is 0 Å². The molecule has 0 aromatic heterocycles. The van der Waals surface area contributed by atoms with E-state index in [1.54, 1.807) is 6.07 Å². The van der Waals surface area contributed by atoms with Crippen LogP contribution in [0.25, 0.3) is 0 Å². The molecule has 6 heteroatoms.